The predicted octanol–water partition coefficient (Wildman–Crippen LogP) is 1.21. The van der Waals surface area contributed by atoms with Gasteiger partial charge in [-0.05, 0) is 24.1 Å². The normalized spacial score (nSPS) is 19.2. The first-order valence-corrected chi connectivity index (χ1v) is 6.95. The first-order chi connectivity index (χ1) is 9.70. The van der Waals surface area contributed by atoms with Crippen LogP contribution in [0.15, 0.2) is 12.1 Å². The molecule has 1 unspecified atom stereocenters. The van der Waals surface area contributed by atoms with Gasteiger partial charge < -0.3 is 15.0 Å². The standard InChI is InChI=1S/C15H18N2O3/c1-10(19)16-6-4-11-8-17(9-18)13-2-3-14-12(15(11)13)5-7-20-14/h2-3,9,11H,4-8H2,1H3,(H,16,19). The van der Waals surface area contributed by atoms with Gasteiger partial charge in [0, 0.05) is 43.6 Å². The number of amides is 2. The van der Waals surface area contributed by atoms with Crippen molar-refractivity contribution in [3.05, 3.63) is 23.3 Å². The number of benzene rings is 1. The van der Waals surface area contributed by atoms with E-state index in [-0.39, 0.29) is 11.8 Å². The van der Waals surface area contributed by atoms with Crippen LogP contribution in [0.3, 0.4) is 0 Å². The van der Waals surface area contributed by atoms with Crippen LogP contribution in [0.1, 0.15) is 30.4 Å². The van der Waals surface area contributed by atoms with E-state index in [1.165, 1.54) is 18.1 Å². The maximum Gasteiger partial charge on any atom is 0.216 e. The summed E-state index contributed by atoms with van der Waals surface area (Å²) in [5.41, 5.74) is 3.47. The van der Waals surface area contributed by atoms with Gasteiger partial charge in [-0.1, -0.05) is 0 Å². The lowest BCUT2D eigenvalue weighted by atomic mass is 9.92. The summed E-state index contributed by atoms with van der Waals surface area (Å²) in [4.78, 5) is 24.0. The largest absolute Gasteiger partial charge is 0.493 e. The molecule has 0 bridgehead atoms. The predicted molar refractivity (Wildman–Crippen MR) is 75.1 cm³/mol. The number of rotatable bonds is 4. The molecule has 0 fully saturated rings. The molecule has 2 aliphatic rings. The Balaban J connectivity index is 1.87. The number of hydrogen-bond donors (Lipinski definition) is 1. The lowest BCUT2D eigenvalue weighted by Gasteiger charge is -2.13. The second-order valence-corrected chi connectivity index (χ2v) is 5.30. The zero-order valence-electron chi connectivity index (χ0n) is 11.5. The molecule has 1 aromatic carbocycles. The van der Waals surface area contributed by atoms with E-state index in [2.05, 4.69) is 5.32 Å². The number of fused-ring (bicyclic) bond motifs is 3. The minimum absolute atomic E-state index is 0.0166. The number of nitrogens with zero attached hydrogens (tertiary/aromatic N) is 1. The molecule has 5 heteroatoms. The molecule has 5 nitrogen and oxygen atoms in total. The van der Waals surface area contributed by atoms with Crippen LogP contribution >= 0.6 is 0 Å². The fraction of sp³-hybridized carbons (Fsp3) is 0.467. The molecular weight excluding hydrogens is 256 g/mol. The third-order valence-electron chi connectivity index (χ3n) is 4.03. The highest BCUT2D eigenvalue weighted by Gasteiger charge is 2.33. The summed E-state index contributed by atoms with van der Waals surface area (Å²) >= 11 is 0. The first kappa shape index (κ1) is 13.0. The Labute approximate surface area is 117 Å². The Morgan fingerprint density at radius 2 is 2.40 bits per heavy atom. The van der Waals surface area contributed by atoms with Gasteiger partial charge in [-0.2, -0.15) is 0 Å². The summed E-state index contributed by atoms with van der Waals surface area (Å²) in [5.74, 6) is 1.21. The van der Waals surface area contributed by atoms with Crippen LogP contribution in [-0.2, 0) is 16.0 Å². The molecule has 3 rings (SSSR count). The minimum atomic E-state index is -0.0166. The molecule has 20 heavy (non-hydrogen) atoms. The summed E-state index contributed by atoms with van der Waals surface area (Å²) in [6.07, 6.45) is 2.63. The average molecular weight is 274 g/mol. The van der Waals surface area contributed by atoms with Crippen LogP contribution in [0.5, 0.6) is 5.75 Å². The number of ether oxygens (including phenoxy) is 1. The Bertz CT molecular complexity index is 556. The zero-order valence-corrected chi connectivity index (χ0v) is 11.5. The number of anilines is 1. The average Bonchev–Trinajstić information content (AvgIpc) is 3.01. The molecule has 106 valence electrons. The van der Waals surface area contributed by atoms with Crippen molar-refractivity contribution in [2.24, 2.45) is 0 Å². The van der Waals surface area contributed by atoms with E-state index in [1.807, 2.05) is 12.1 Å². The maximum atomic E-state index is 11.2. The molecule has 0 saturated heterocycles. The highest BCUT2D eigenvalue weighted by Crippen LogP contribution is 2.44. The van der Waals surface area contributed by atoms with Gasteiger partial charge in [-0.3, -0.25) is 9.59 Å². The highest BCUT2D eigenvalue weighted by atomic mass is 16.5. The zero-order chi connectivity index (χ0) is 14.1. The maximum absolute atomic E-state index is 11.2. The molecule has 0 spiro atoms. The second-order valence-electron chi connectivity index (χ2n) is 5.30. The van der Waals surface area contributed by atoms with Crippen LogP contribution < -0.4 is 15.0 Å². The van der Waals surface area contributed by atoms with E-state index >= 15 is 0 Å². The molecule has 2 aliphatic heterocycles. The molecule has 0 saturated carbocycles. The molecule has 0 aromatic heterocycles. The molecule has 1 aromatic rings. The van der Waals surface area contributed by atoms with Crippen LogP contribution in [0.25, 0.3) is 0 Å². The van der Waals surface area contributed by atoms with E-state index in [0.717, 1.165) is 30.7 Å². The molecule has 1 atom stereocenters. The van der Waals surface area contributed by atoms with Gasteiger partial charge in [0.15, 0.2) is 0 Å². The van der Waals surface area contributed by atoms with Crippen molar-refractivity contribution in [1.82, 2.24) is 5.32 Å². The van der Waals surface area contributed by atoms with Gasteiger partial charge in [0.1, 0.15) is 5.75 Å². The van der Waals surface area contributed by atoms with E-state index in [4.69, 9.17) is 4.74 Å². The fourth-order valence-corrected chi connectivity index (χ4v) is 3.18. The lowest BCUT2D eigenvalue weighted by molar-refractivity contribution is -0.119. The topological polar surface area (TPSA) is 58.6 Å². The molecule has 2 heterocycles. The van der Waals surface area contributed by atoms with Gasteiger partial charge in [0.25, 0.3) is 0 Å². The third kappa shape index (κ3) is 2.13. The summed E-state index contributed by atoms with van der Waals surface area (Å²) in [6.45, 7) is 3.56. The van der Waals surface area contributed by atoms with Crippen LogP contribution in [0.4, 0.5) is 5.69 Å². The van der Waals surface area contributed by atoms with Crippen molar-refractivity contribution in [1.29, 1.82) is 0 Å². The summed E-state index contributed by atoms with van der Waals surface area (Å²) < 4.78 is 5.61. The van der Waals surface area contributed by atoms with Gasteiger partial charge in [0.2, 0.25) is 12.3 Å². The molecule has 2 amide bonds. The van der Waals surface area contributed by atoms with Crippen molar-refractivity contribution in [2.75, 3.05) is 24.6 Å². The molecule has 0 radical (unpaired) electrons. The van der Waals surface area contributed by atoms with Crippen molar-refractivity contribution < 1.29 is 14.3 Å². The van der Waals surface area contributed by atoms with E-state index in [0.29, 0.717) is 19.7 Å². The van der Waals surface area contributed by atoms with E-state index in [1.54, 1.807) is 4.90 Å². The quantitative estimate of drug-likeness (QED) is 0.840. The Hall–Kier alpha value is -2.04. The van der Waals surface area contributed by atoms with Gasteiger partial charge >= 0.3 is 0 Å². The first-order valence-electron chi connectivity index (χ1n) is 6.95. The summed E-state index contributed by atoms with van der Waals surface area (Å²) in [5, 5.41) is 2.83. The van der Waals surface area contributed by atoms with Crippen LogP contribution in [-0.4, -0.2) is 32.0 Å². The second kappa shape index (κ2) is 5.15. The van der Waals surface area contributed by atoms with Crippen molar-refractivity contribution in [3.8, 4) is 5.75 Å². The highest BCUT2D eigenvalue weighted by molar-refractivity contribution is 5.82. The number of nitrogens with one attached hydrogen (secondary N) is 1. The van der Waals surface area contributed by atoms with Crippen molar-refractivity contribution >= 4 is 18.0 Å². The monoisotopic (exact) mass is 274 g/mol. The molecule has 0 aliphatic carbocycles. The third-order valence-corrected chi connectivity index (χ3v) is 4.03. The van der Waals surface area contributed by atoms with E-state index < -0.39 is 0 Å². The fourth-order valence-electron chi connectivity index (χ4n) is 3.18. The number of hydrogen-bond acceptors (Lipinski definition) is 3. The van der Waals surface area contributed by atoms with Gasteiger partial charge in [0.05, 0.1) is 6.61 Å². The number of carbonyl (C=O) groups is 2. The Kier molecular flexibility index (Phi) is 3.34. The van der Waals surface area contributed by atoms with Crippen molar-refractivity contribution in [2.45, 2.75) is 25.7 Å². The van der Waals surface area contributed by atoms with Crippen LogP contribution in [0, 0.1) is 0 Å². The van der Waals surface area contributed by atoms with Crippen molar-refractivity contribution in [3.63, 3.8) is 0 Å². The van der Waals surface area contributed by atoms with Gasteiger partial charge in [-0.25, -0.2) is 0 Å². The Morgan fingerprint density at radius 3 is 3.15 bits per heavy atom. The summed E-state index contributed by atoms with van der Waals surface area (Å²) in [7, 11) is 0. The minimum Gasteiger partial charge on any atom is -0.493 e. The SMILES string of the molecule is CC(=O)NCCC1CN(C=O)c2ccc3c(c21)CCO3. The van der Waals surface area contributed by atoms with Gasteiger partial charge in [-0.15, -0.1) is 0 Å². The molecule has 1 N–H and O–H groups in total. The van der Waals surface area contributed by atoms with E-state index in [9.17, 15) is 9.59 Å². The molecular formula is C15H18N2O3. The lowest BCUT2D eigenvalue weighted by Crippen LogP contribution is -2.24. The Morgan fingerprint density at radius 1 is 1.55 bits per heavy atom. The number of carbonyl (C=O) groups excluding carboxylic acids is 2. The smallest absolute Gasteiger partial charge is 0.216 e. The summed E-state index contributed by atoms with van der Waals surface area (Å²) in [6, 6.07) is 3.92. The van der Waals surface area contributed by atoms with Crippen LogP contribution in [0.2, 0.25) is 0 Å².